The van der Waals surface area contributed by atoms with Gasteiger partial charge in [0.15, 0.2) is 0 Å². The molecule has 5 rings (SSSR count). The van der Waals surface area contributed by atoms with E-state index in [1.165, 1.54) is 35.8 Å². The molecule has 0 spiro atoms. The molecule has 2 atom stereocenters. The van der Waals surface area contributed by atoms with Crippen LogP contribution in [0.25, 0.3) is 5.57 Å². The summed E-state index contributed by atoms with van der Waals surface area (Å²) in [5, 5.41) is 0. The highest BCUT2D eigenvalue weighted by Gasteiger charge is 2.30. The van der Waals surface area contributed by atoms with Crippen LogP contribution >= 0.6 is 0 Å². The van der Waals surface area contributed by atoms with Gasteiger partial charge in [0, 0.05) is 25.5 Å². The van der Waals surface area contributed by atoms with Crippen LogP contribution in [0.15, 0.2) is 42.7 Å². The fourth-order valence-corrected chi connectivity index (χ4v) is 5.93. The monoisotopic (exact) mass is 488 g/mol. The fourth-order valence-electron chi connectivity index (χ4n) is 5.93. The summed E-state index contributed by atoms with van der Waals surface area (Å²) in [5.41, 5.74) is 3.87. The molecule has 3 heterocycles. The molecule has 0 bridgehead atoms. The zero-order chi connectivity index (χ0) is 24.7. The van der Waals surface area contributed by atoms with Crippen LogP contribution in [0.2, 0.25) is 0 Å². The van der Waals surface area contributed by atoms with Gasteiger partial charge < -0.3 is 14.4 Å². The highest BCUT2D eigenvalue weighted by Crippen LogP contribution is 2.34. The van der Waals surface area contributed by atoms with Gasteiger partial charge in [-0.25, -0.2) is 9.97 Å². The SMILES string of the molecule is CCc1cnc(N2CCC(COc3ccc(C4=CCC(C(C=O)N5CCCC5)CC4)cc3)CC2)nc1. The summed E-state index contributed by atoms with van der Waals surface area (Å²) in [4.78, 5) is 25.5. The number of allylic oxidation sites excluding steroid dienone is 2. The molecule has 2 saturated heterocycles. The van der Waals surface area contributed by atoms with Crippen molar-refractivity contribution in [3.63, 3.8) is 0 Å². The number of benzene rings is 1. The third-order valence-electron chi connectivity index (χ3n) is 8.34. The van der Waals surface area contributed by atoms with Gasteiger partial charge in [0.2, 0.25) is 5.95 Å². The Morgan fingerprint density at radius 1 is 1.03 bits per heavy atom. The molecule has 192 valence electrons. The van der Waals surface area contributed by atoms with E-state index in [-0.39, 0.29) is 6.04 Å². The van der Waals surface area contributed by atoms with Crippen molar-refractivity contribution in [1.29, 1.82) is 0 Å². The second-order valence-corrected chi connectivity index (χ2v) is 10.6. The van der Waals surface area contributed by atoms with E-state index in [1.807, 2.05) is 12.4 Å². The average molecular weight is 489 g/mol. The summed E-state index contributed by atoms with van der Waals surface area (Å²) in [6.07, 6.45) is 16.2. The molecule has 2 aliphatic heterocycles. The van der Waals surface area contributed by atoms with E-state index in [1.54, 1.807) is 0 Å². The van der Waals surface area contributed by atoms with Crippen LogP contribution in [-0.4, -0.2) is 60.0 Å². The number of hydrogen-bond donors (Lipinski definition) is 0. The van der Waals surface area contributed by atoms with Crippen molar-refractivity contribution < 1.29 is 9.53 Å². The first-order valence-corrected chi connectivity index (χ1v) is 13.9. The summed E-state index contributed by atoms with van der Waals surface area (Å²) in [6, 6.07) is 8.71. The number of aromatic nitrogens is 2. The van der Waals surface area contributed by atoms with E-state index < -0.39 is 0 Å². The lowest BCUT2D eigenvalue weighted by atomic mass is 9.82. The van der Waals surface area contributed by atoms with Crippen molar-refractivity contribution in [2.45, 2.75) is 64.3 Å². The Morgan fingerprint density at radius 2 is 1.75 bits per heavy atom. The van der Waals surface area contributed by atoms with E-state index in [0.29, 0.717) is 11.8 Å². The van der Waals surface area contributed by atoms with Gasteiger partial charge in [0.1, 0.15) is 12.0 Å². The van der Waals surface area contributed by atoms with Gasteiger partial charge in [0.25, 0.3) is 0 Å². The minimum Gasteiger partial charge on any atom is -0.493 e. The first kappa shape index (κ1) is 24.9. The predicted molar refractivity (Wildman–Crippen MR) is 144 cm³/mol. The highest BCUT2D eigenvalue weighted by atomic mass is 16.5. The Balaban J connectivity index is 1.07. The van der Waals surface area contributed by atoms with E-state index in [4.69, 9.17) is 4.74 Å². The van der Waals surface area contributed by atoms with Crippen molar-refractivity contribution in [2.75, 3.05) is 37.7 Å². The van der Waals surface area contributed by atoms with Crippen LogP contribution in [0.3, 0.4) is 0 Å². The molecule has 36 heavy (non-hydrogen) atoms. The summed E-state index contributed by atoms with van der Waals surface area (Å²) < 4.78 is 6.17. The number of anilines is 1. The second-order valence-electron chi connectivity index (χ2n) is 10.6. The molecule has 6 nitrogen and oxygen atoms in total. The largest absolute Gasteiger partial charge is 0.493 e. The van der Waals surface area contributed by atoms with E-state index in [9.17, 15) is 4.79 Å². The summed E-state index contributed by atoms with van der Waals surface area (Å²) >= 11 is 0. The molecule has 0 radical (unpaired) electrons. The maximum Gasteiger partial charge on any atom is 0.225 e. The highest BCUT2D eigenvalue weighted by molar-refractivity contribution is 5.67. The standard InChI is InChI=1S/C30H40N4O2/c1-2-23-19-31-30(32-20-23)34-17-13-24(14-18-34)22-36-28-11-9-26(10-12-28)25-5-7-27(8-6-25)29(21-35)33-15-3-4-16-33/h5,9-12,19-21,24,27,29H,2-4,6-8,13-18,22H2,1H3. The van der Waals surface area contributed by atoms with Crippen molar-refractivity contribution in [3.05, 3.63) is 53.9 Å². The lowest BCUT2D eigenvalue weighted by Crippen LogP contribution is -2.40. The summed E-state index contributed by atoms with van der Waals surface area (Å²) in [7, 11) is 0. The van der Waals surface area contributed by atoms with Crippen LogP contribution < -0.4 is 9.64 Å². The normalized spacial score (nSPS) is 22.3. The molecule has 1 aromatic heterocycles. The number of nitrogens with zero attached hydrogens (tertiary/aromatic N) is 4. The van der Waals surface area contributed by atoms with Gasteiger partial charge in [-0.15, -0.1) is 0 Å². The van der Waals surface area contributed by atoms with Crippen molar-refractivity contribution in [1.82, 2.24) is 14.9 Å². The van der Waals surface area contributed by atoms with Gasteiger partial charge in [-0.1, -0.05) is 25.1 Å². The first-order chi connectivity index (χ1) is 17.7. The average Bonchev–Trinajstić information content (AvgIpc) is 3.48. The molecule has 1 aromatic carbocycles. The first-order valence-electron chi connectivity index (χ1n) is 13.9. The number of rotatable bonds is 9. The Hall–Kier alpha value is -2.73. The van der Waals surface area contributed by atoms with Crippen molar-refractivity contribution >= 4 is 17.8 Å². The van der Waals surface area contributed by atoms with E-state index in [0.717, 1.165) is 83.0 Å². The Labute approximate surface area is 215 Å². The minimum absolute atomic E-state index is 0.0991. The lowest BCUT2D eigenvalue weighted by molar-refractivity contribution is -0.113. The van der Waals surface area contributed by atoms with Gasteiger partial charge in [0.05, 0.1) is 12.6 Å². The van der Waals surface area contributed by atoms with Crippen LogP contribution in [0.4, 0.5) is 5.95 Å². The smallest absolute Gasteiger partial charge is 0.225 e. The third kappa shape index (κ3) is 5.97. The van der Waals surface area contributed by atoms with Crippen LogP contribution in [0, 0.1) is 11.8 Å². The number of likely N-dealkylation sites (tertiary alicyclic amines) is 1. The Kier molecular flexibility index (Phi) is 8.32. The molecule has 2 aromatic rings. The molecule has 0 N–H and O–H groups in total. The lowest BCUT2D eigenvalue weighted by Gasteiger charge is -2.32. The Bertz CT molecular complexity index is 1010. The van der Waals surface area contributed by atoms with Crippen molar-refractivity contribution in [2.24, 2.45) is 11.8 Å². The summed E-state index contributed by atoms with van der Waals surface area (Å²) in [6.45, 7) is 7.01. The van der Waals surface area contributed by atoms with Crippen molar-refractivity contribution in [3.8, 4) is 5.75 Å². The van der Waals surface area contributed by atoms with Gasteiger partial charge >= 0.3 is 0 Å². The number of aryl methyl sites for hydroxylation is 1. The molecule has 3 aliphatic rings. The van der Waals surface area contributed by atoms with E-state index >= 15 is 0 Å². The zero-order valence-electron chi connectivity index (χ0n) is 21.6. The molecule has 0 amide bonds. The molecule has 2 fully saturated rings. The molecular weight excluding hydrogens is 448 g/mol. The second kappa shape index (κ2) is 12.0. The number of ether oxygens (including phenoxy) is 1. The predicted octanol–water partition coefficient (Wildman–Crippen LogP) is 5.18. The molecular formula is C30H40N4O2. The number of hydrogen-bond acceptors (Lipinski definition) is 6. The fraction of sp³-hybridized carbons (Fsp3) is 0.567. The number of carbonyl (C=O) groups excluding carboxylic acids is 1. The Morgan fingerprint density at radius 3 is 2.36 bits per heavy atom. The van der Waals surface area contributed by atoms with Crippen LogP contribution in [0.1, 0.15) is 63.0 Å². The van der Waals surface area contributed by atoms with Gasteiger partial charge in [-0.2, -0.15) is 0 Å². The van der Waals surface area contributed by atoms with Gasteiger partial charge in [-0.3, -0.25) is 4.90 Å². The zero-order valence-corrected chi connectivity index (χ0v) is 21.6. The molecule has 2 unspecified atom stereocenters. The number of piperidine rings is 1. The topological polar surface area (TPSA) is 58.6 Å². The van der Waals surface area contributed by atoms with Crippen LogP contribution in [0.5, 0.6) is 5.75 Å². The quantitative estimate of drug-likeness (QED) is 0.453. The number of carbonyl (C=O) groups is 1. The maximum absolute atomic E-state index is 11.8. The van der Waals surface area contributed by atoms with E-state index in [2.05, 4.69) is 57.0 Å². The molecule has 0 saturated carbocycles. The molecule has 1 aliphatic carbocycles. The van der Waals surface area contributed by atoms with Crippen LogP contribution in [-0.2, 0) is 11.2 Å². The minimum atomic E-state index is 0.0991. The third-order valence-corrected chi connectivity index (χ3v) is 8.34. The molecule has 6 heteroatoms. The number of aldehydes is 1. The maximum atomic E-state index is 11.8. The summed E-state index contributed by atoms with van der Waals surface area (Å²) in [5.74, 6) is 2.82. The van der Waals surface area contributed by atoms with Gasteiger partial charge in [-0.05, 0) is 105 Å².